The fourth-order valence-corrected chi connectivity index (χ4v) is 1.73. The van der Waals surface area contributed by atoms with Crippen LogP contribution in [0, 0.1) is 0 Å². The average Bonchev–Trinajstić information content (AvgIpc) is 2.74. The van der Waals surface area contributed by atoms with Gasteiger partial charge in [-0.25, -0.2) is 4.98 Å². The van der Waals surface area contributed by atoms with E-state index in [9.17, 15) is 4.79 Å². The first kappa shape index (κ1) is 11.9. The van der Waals surface area contributed by atoms with Gasteiger partial charge in [0.05, 0.1) is 0 Å². The molecule has 0 unspecified atom stereocenters. The second-order valence-electron chi connectivity index (χ2n) is 4.04. The van der Waals surface area contributed by atoms with Crippen molar-refractivity contribution in [3.8, 4) is 11.3 Å². The van der Waals surface area contributed by atoms with Gasteiger partial charge in [0.2, 0.25) is 6.29 Å². The number of aldehydes is 1. The molecule has 0 N–H and O–H groups in total. The van der Waals surface area contributed by atoms with Crippen LogP contribution < -0.4 is 0 Å². The van der Waals surface area contributed by atoms with Crippen LogP contribution in [0.25, 0.3) is 11.3 Å². The first-order chi connectivity index (χ1) is 8.11. The van der Waals surface area contributed by atoms with Gasteiger partial charge in [0.1, 0.15) is 11.5 Å². The van der Waals surface area contributed by atoms with E-state index in [4.69, 9.17) is 16.0 Å². The van der Waals surface area contributed by atoms with Gasteiger partial charge in [0.25, 0.3) is 5.89 Å². The number of hydrogen-bond acceptors (Lipinski definition) is 3. The van der Waals surface area contributed by atoms with Crippen LogP contribution in [0.5, 0.6) is 0 Å². The van der Waals surface area contributed by atoms with E-state index < -0.39 is 0 Å². The number of nitrogens with zero attached hydrogens (tertiary/aromatic N) is 1. The summed E-state index contributed by atoms with van der Waals surface area (Å²) in [5.41, 5.74) is 1.61. The van der Waals surface area contributed by atoms with Gasteiger partial charge in [-0.15, -0.1) is 0 Å². The SMILES string of the molecule is CC(C)c1oc(C=O)nc1-c1ccc(Cl)cc1. The molecule has 0 bridgehead atoms. The molecule has 0 aliphatic heterocycles. The maximum absolute atomic E-state index is 10.7. The molecule has 1 aromatic carbocycles. The fraction of sp³-hybridized carbons (Fsp3) is 0.231. The van der Waals surface area contributed by atoms with Crippen LogP contribution in [0.1, 0.15) is 36.2 Å². The summed E-state index contributed by atoms with van der Waals surface area (Å²) in [6.07, 6.45) is 0.616. The van der Waals surface area contributed by atoms with Gasteiger partial charge in [0.15, 0.2) is 0 Å². The molecule has 3 nitrogen and oxygen atoms in total. The highest BCUT2D eigenvalue weighted by Crippen LogP contribution is 2.29. The van der Waals surface area contributed by atoms with Crippen molar-refractivity contribution in [2.45, 2.75) is 19.8 Å². The number of carbonyl (C=O) groups is 1. The maximum Gasteiger partial charge on any atom is 0.260 e. The summed E-state index contributed by atoms with van der Waals surface area (Å²) in [6.45, 7) is 3.99. The molecule has 1 aromatic heterocycles. The van der Waals surface area contributed by atoms with Crippen LogP contribution in [0.2, 0.25) is 5.02 Å². The van der Waals surface area contributed by atoms with Crippen molar-refractivity contribution < 1.29 is 9.21 Å². The lowest BCUT2D eigenvalue weighted by Crippen LogP contribution is -1.88. The molecule has 2 rings (SSSR count). The van der Waals surface area contributed by atoms with Gasteiger partial charge in [-0.2, -0.15) is 0 Å². The summed E-state index contributed by atoms with van der Waals surface area (Å²) >= 11 is 5.83. The van der Waals surface area contributed by atoms with Crippen molar-refractivity contribution in [2.24, 2.45) is 0 Å². The van der Waals surface area contributed by atoms with Gasteiger partial charge in [-0.1, -0.05) is 37.6 Å². The molecule has 0 saturated heterocycles. The topological polar surface area (TPSA) is 43.1 Å². The van der Waals surface area contributed by atoms with Crippen molar-refractivity contribution in [2.75, 3.05) is 0 Å². The number of oxazole rings is 1. The van der Waals surface area contributed by atoms with Crippen LogP contribution in [0.3, 0.4) is 0 Å². The number of aromatic nitrogens is 1. The summed E-state index contributed by atoms with van der Waals surface area (Å²) in [5.74, 6) is 0.995. The number of halogens is 1. The highest BCUT2D eigenvalue weighted by atomic mass is 35.5. The monoisotopic (exact) mass is 249 g/mol. The number of hydrogen-bond donors (Lipinski definition) is 0. The maximum atomic E-state index is 10.7. The molecule has 88 valence electrons. The van der Waals surface area contributed by atoms with Gasteiger partial charge in [0, 0.05) is 16.5 Å². The van der Waals surface area contributed by atoms with E-state index in [-0.39, 0.29) is 11.8 Å². The fourth-order valence-electron chi connectivity index (χ4n) is 1.61. The van der Waals surface area contributed by atoms with Crippen LogP contribution in [-0.2, 0) is 0 Å². The molecule has 4 heteroatoms. The quantitative estimate of drug-likeness (QED) is 0.774. The van der Waals surface area contributed by atoms with Crippen LogP contribution in [0.4, 0.5) is 0 Å². The Bertz CT molecular complexity index is 529. The van der Waals surface area contributed by atoms with Crippen molar-refractivity contribution in [1.82, 2.24) is 4.98 Å². The van der Waals surface area contributed by atoms with E-state index in [1.807, 2.05) is 26.0 Å². The molecule has 0 spiro atoms. The van der Waals surface area contributed by atoms with Crippen LogP contribution in [0.15, 0.2) is 28.7 Å². The van der Waals surface area contributed by atoms with Crippen molar-refractivity contribution in [3.63, 3.8) is 0 Å². The lowest BCUT2D eigenvalue weighted by molar-refractivity contribution is 0.109. The molecule has 0 radical (unpaired) electrons. The van der Waals surface area contributed by atoms with Crippen molar-refractivity contribution in [1.29, 1.82) is 0 Å². The van der Waals surface area contributed by atoms with E-state index in [0.717, 1.165) is 11.3 Å². The molecule has 0 amide bonds. The zero-order valence-electron chi connectivity index (χ0n) is 9.61. The number of carbonyl (C=O) groups excluding carboxylic acids is 1. The Morgan fingerprint density at radius 1 is 1.29 bits per heavy atom. The molecular weight excluding hydrogens is 238 g/mol. The lowest BCUT2D eigenvalue weighted by atomic mass is 10.0. The van der Waals surface area contributed by atoms with Gasteiger partial charge in [-0.3, -0.25) is 4.79 Å². The molecular formula is C13H12ClNO2. The minimum atomic E-state index is 0.110. The first-order valence-electron chi connectivity index (χ1n) is 5.33. The van der Waals surface area contributed by atoms with E-state index in [1.54, 1.807) is 12.1 Å². The van der Waals surface area contributed by atoms with E-state index in [2.05, 4.69) is 4.98 Å². The zero-order chi connectivity index (χ0) is 12.4. The van der Waals surface area contributed by atoms with Crippen LogP contribution >= 0.6 is 11.6 Å². The second-order valence-corrected chi connectivity index (χ2v) is 4.48. The van der Waals surface area contributed by atoms with Crippen molar-refractivity contribution >= 4 is 17.9 Å². The zero-order valence-corrected chi connectivity index (χ0v) is 10.4. The summed E-state index contributed by atoms with van der Waals surface area (Å²) in [4.78, 5) is 14.9. The molecule has 0 fully saturated rings. The Morgan fingerprint density at radius 3 is 2.47 bits per heavy atom. The van der Waals surface area contributed by atoms with E-state index in [0.29, 0.717) is 17.0 Å². The Balaban J connectivity index is 2.53. The molecule has 1 heterocycles. The lowest BCUT2D eigenvalue weighted by Gasteiger charge is -2.03. The summed E-state index contributed by atoms with van der Waals surface area (Å²) in [7, 11) is 0. The van der Waals surface area contributed by atoms with Gasteiger partial charge in [-0.05, 0) is 12.1 Å². The molecule has 0 atom stereocenters. The normalized spacial score (nSPS) is 10.8. The minimum Gasteiger partial charge on any atom is -0.438 e. The molecule has 0 aliphatic rings. The highest BCUT2D eigenvalue weighted by molar-refractivity contribution is 6.30. The van der Waals surface area contributed by atoms with Gasteiger partial charge >= 0.3 is 0 Å². The minimum absolute atomic E-state index is 0.110. The Kier molecular flexibility index (Phi) is 3.29. The third-order valence-corrected chi connectivity index (χ3v) is 2.66. The standard InChI is InChI=1S/C13H12ClNO2/c1-8(2)13-12(15-11(7-16)17-13)9-3-5-10(14)6-4-9/h3-8H,1-2H3. The van der Waals surface area contributed by atoms with E-state index in [1.165, 1.54) is 0 Å². The Hall–Kier alpha value is -1.61. The molecule has 0 aliphatic carbocycles. The summed E-state index contributed by atoms with van der Waals surface area (Å²) in [5, 5.41) is 0.666. The second kappa shape index (κ2) is 4.72. The van der Waals surface area contributed by atoms with Crippen LogP contribution in [-0.4, -0.2) is 11.3 Å². The predicted molar refractivity (Wildman–Crippen MR) is 66.4 cm³/mol. The Morgan fingerprint density at radius 2 is 1.94 bits per heavy atom. The summed E-state index contributed by atoms with van der Waals surface area (Å²) in [6, 6.07) is 7.30. The molecule has 0 saturated carbocycles. The average molecular weight is 250 g/mol. The smallest absolute Gasteiger partial charge is 0.260 e. The third-order valence-electron chi connectivity index (χ3n) is 2.41. The number of rotatable bonds is 3. The Labute approximate surface area is 104 Å². The molecule has 17 heavy (non-hydrogen) atoms. The third kappa shape index (κ3) is 2.39. The first-order valence-corrected chi connectivity index (χ1v) is 5.71. The molecule has 2 aromatic rings. The largest absolute Gasteiger partial charge is 0.438 e. The summed E-state index contributed by atoms with van der Waals surface area (Å²) < 4.78 is 5.40. The predicted octanol–water partition coefficient (Wildman–Crippen LogP) is 3.93. The van der Waals surface area contributed by atoms with Crippen molar-refractivity contribution in [3.05, 3.63) is 40.9 Å². The van der Waals surface area contributed by atoms with Gasteiger partial charge < -0.3 is 4.42 Å². The highest BCUT2D eigenvalue weighted by Gasteiger charge is 2.17. The van der Waals surface area contributed by atoms with E-state index >= 15 is 0 Å². The number of benzene rings is 1.